The number of carbonyl (C=O) groups excluding carboxylic acids is 1. The zero-order chi connectivity index (χ0) is 14.2. The number of carbonyl (C=O) groups is 1. The summed E-state index contributed by atoms with van der Waals surface area (Å²) in [5.41, 5.74) is -1.74. The molecule has 0 bridgehead atoms. The van der Waals surface area contributed by atoms with E-state index in [1.165, 1.54) is 4.90 Å². The molecule has 0 aliphatic carbocycles. The molecule has 8 heteroatoms. The number of hydrogen-bond acceptors (Lipinski definition) is 5. The van der Waals surface area contributed by atoms with Gasteiger partial charge in [-0.2, -0.15) is 5.26 Å². The Morgan fingerprint density at radius 3 is 2.33 bits per heavy atom. The van der Waals surface area contributed by atoms with Crippen LogP contribution in [0.3, 0.4) is 0 Å². The number of hydrogen-bond donors (Lipinski definition) is 0. The topological polar surface area (TPSA) is 87.5 Å². The average molecular weight is 295 g/mol. The van der Waals surface area contributed by atoms with Crippen molar-refractivity contribution >= 4 is 25.8 Å². The van der Waals surface area contributed by atoms with Crippen molar-refractivity contribution in [2.45, 2.75) is 26.4 Å². The van der Waals surface area contributed by atoms with Gasteiger partial charge in [0.15, 0.2) is 0 Å². The van der Waals surface area contributed by atoms with Crippen LogP contribution in [0.25, 0.3) is 0 Å². The van der Waals surface area contributed by atoms with Gasteiger partial charge in [-0.15, -0.1) is 0 Å². The Kier molecular flexibility index (Phi) is 3.84. The Morgan fingerprint density at radius 2 is 2.00 bits per heavy atom. The maximum absolute atomic E-state index is 11.6. The molecule has 1 amide bonds. The molecule has 1 heterocycles. The minimum absolute atomic E-state index is 0.0182. The zero-order valence-electron chi connectivity index (χ0n) is 10.4. The fraction of sp³-hybridized carbons (Fsp3) is 0.800. The van der Waals surface area contributed by atoms with Gasteiger partial charge in [-0.05, 0) is 20.8 Å². The second-order valence-electron chi connectivity index (χ2n) is 5.41. The van der Waals surface area contributed by atoms with Crippen LogP contribution in [-0.4, -0.2) is 43.9 Å². The molecule has 0 N–H and O–H groups in total. The van der Waals surface area contributed by atoms with E-state index in [0.29, 0.717) is 0 Å². The Hall–Kier alpha value is -1.00. The van der Waals surface area contributed by atoms with Gasteiger partial charge in [0.05, 0.1) is 11.8 Å². The minimum atomic E-state index is -3.77. The van der Waals surface area contributed by atoms with Crippen molar-refractivity contribution in [1.82, 2.24) is 4.90 Å². The molecule has 18 heavy (non-hydrogen) atoms. The lowest BCUT2D eigenvalue weighted by Crippen LogP contribution is -2.60. The molecule has 0 aromatic heterocycles. The third kappa shape index (κ3) is 4.03. The molecule has 0 unspecified atom stereocenters. The van der Waals surface area contributed by atoms with Crippen LogP contribution in [0.4, 0.5) is 4.79 Å². The predicted molar refractivity (Wildman–Crippen MR) is 65.5 cm³/mol. The van der Waals surface area contributed by atoms with Crippen molar-refractivity contribution in [2.24, 2.45) is 5.41 Å². The highest BCUT2D eigenvalue weighted by molar-refractivity contribution is 8.13. The molecule has 0 atom stereocenters. The first-order chi connectivity index (χ1) is 7.96. The van der Waals surface area contributed by atoms with Crippen LogP contribution in [0.15, 0.2) is 0 Å². The number of rotatable bonds is 2. The Bertz CT molecular complexity index is 483. The van der Waals surface area contributed by atoms with Gasteiger partial charge in [-0.1, -0.05) is 0 Å². The molecule has 102 valence electrons. The van der Waals surface area contributed by atoms with E-state index in [2.05, 4.69) is 0 Å². The van der Waals surface area contributed by atoms with Gasteiger partial charge in [-0.25, -0.2) is 13.2 Å². The standard InChI is InChI=1S/C10H15ClN2O4S/c1-9(2,3)17-8(14)13-5-10(4-12,6-13)7-18(11,15)16/h5-7H2,1-3H3. The van der Waals surface area contributed by atoms with Gasteiger partial charge >= 0.3 is 6.09 Å². The summed E-state index contributed by atoms with van der Waals surface area (Å²) in [6.07, 6.45) is -0.555. The average Bonchev–Trinajstić information content (AvgIpc) is 2.05. The number of ether oxygens (including phenoxy) is 1. The molecule has 1 fully saturated rings. The lowest BCUT2D eigenvalue weighted by atomic mass is 9.84. The summed E-state index contributed by atoms with van der Waals surface area (Å²) in [4.78, 5) is 12.9. The molecular weight excluding hydrogens is 280 g/mol. The summed E-state index contributed by atoms with van der Waals surface area (Å²) in [5, 5.41) is 8.98. The lowest BCUT2D eigenvalue weighted by Gasteiger charge is -2.44. The molecule has 1 aliphatic rings. The van der Waals surface area contributed by atoms with Crippen LogP contribution in [0.1, 0.15) is 20.8 Å². The molecule has 6 nitrogen and oxygen atoms in total. The molecular formula is C10H15ClN2O4S. The number of nitrogens with zero attached hydrogens (tertiary/aromatic N) is 2. The van der Waals surface area contributed by atoms with Crippen LogP contribution in [0, 0.1) is 16.7 Å². The Morgan fingerprint density at radius 1 is 1.50 bits per heavy atom. The van der Waals surface area contributed by atoms with Crippen LogP contribution < -0.4 is 0 Å². The monoisotopic (exact) mass is 294 g/mol. The highest BCUT2D eigenvalue weighted by Gasteiger charge is 2.49. The highest BCUT2D eigenvalue weighted by atomic mass is 35.7. The van der Waals surface area contributed by atoms with Crippen LogP contribution in [-0.2, 0) is 13.8 Å². The van der Waals surface area contributed by atoms with Crippen molar-refractivity contribution in [3.63, 3.8) is 0 Å². The predicted octanol–water partition coefficient (Wildman–Crippen LogP) is 1.32. The van der Waals surface area contributed by atoms with Gasteiger partial charge < -0.3 is 9.64 Å². The first kappa shape index (κ1) is 15.1. The maximum Gasteiger partial charge on any atom is 0.410 e. The van der Waals surface area contributed by atoms with Crippen molar-refractivity contribution in [1.29, 1.82) is 5.26 Å². The number of amides is 1. The summed E-state index contributed by atoms with van der Waals surface area (Å²) < 4.78 is 27.1. The second-order valence-corrected chi connectivity index (χ2v) is 8.19. The van der Waals surface area contributed by atoms with E-state index in [9.17, 15) is 13.2 Å². The van der Waals surface area contributed by atoms with Gasteiger partial charge in [0.1, 0.15) is 11.0 Å². The molecule has 0 radical (unpaired) electrons. The molecule has 0 spiro atoms. The smallest absolute Gasteiger partial charge is 0.410 e. The third-order valence-corrected chi connectivity index (χ3v) is 3.55. The Labute approximate surface area is 111 Å². The largest absolute Gasteiger partial charge is 0.444 e. The van der Waals surface area contributed by atoms with Crippen LogP contribution in [0.2, 0.25) is 0 Å². The first-order valence-electron chi connectivity index (χ1n) is 5.28. The summed E-state index contributed by atoms with van der Waals surface area (Å²) in [5.74, 6) is -0.461. The van der Waals surface area contributed by atoms with E-state index in [1.807, 2.05) is 6.07 Å². The van der Waals surface area contributed by atoms with Crippen molar-refractivity contribution in [3.05, 3.63) is 0 Å². The summed E-state index contributed by atoms with van der Waals surface area (Å²) >= 11 is 0. The van der Waals surface area contributed by atoms with Crippen molar-refractivity contribution in [3.8, 4) is 6.07 Å². The lowest BCUT2D eigenvalue weighted by molar-refractivity contribution is -0.0110. The normalized spacial score (nSPS) is 18.7. The molecule has 1 rings (SSSR count). The van der Waals surface area contributed by atoms with E-state index in [4.69, 9.17) is 20.7 Å². The SMILES string of the molecule is CC(C)(C)OC(=O)N1CC(C#N)(CS(=O)(=O)Cl)C1. The first-order valence-corrected chi connectivity index (χ1v) is 7.76. The van der Waals surface area contributed by atoms with Gasteiger partial charge in [0, 0.05) is 23.8 Å². The van der Waals surface area contributed by atoms with Crippen molar-refractivity contribution < 1.29 is 17.9 Å². The van der Waals surface area contributed by atoms with Gasteiger partial charge in [-0.3, -0.25) is 0 Å². The fourth-order valence-electron chi connectivity index (χ4n) is 1.66. The maximum atomic E-state index is 11.6. The zero-order valence-corrected chi connectivity index (χ0v) is 12.0. The molecule has 0 aromatic carbocycles. The second kappa shape index (κ2) is 4.59. The van der Waals surface area contributed by atoms with Crippen LogP contribution >= 0.6 is 10.7 Å². The van der Waals surface area contributed by atoms with Crippen molar-refractivity contribution in [2.75, 3.05) is 18.8 Å². The third-order valence-electron chi connectivity index (χ3n) is 2.32. The molecule has 0 aromatic rings. The summed E-state index contributed by atoms with van der Waals surface area (Å²) in [7, 11) is 1.36. The van der Waals surface area contributed by atoms with E-state index in [1.54, 1.807) is 20.8 Å². The molecule has 1 saturated heterocycles. The minimum Gasteiger partial charge on any atom is -0.444 e. The number of likely N-dealkylation sites (tertiary alicyclic amines) is 1. The van der Waals surface area contributed by atoms with Crippen LogP contribution in [0.5, 0.6) is 0 Å². The molecule has 0 saturated carbocycles. The van der Waals surface area contributed by atoms with E-state index >= 15 is 0 Å². The molecule has 1 aliphatic heterocycles. The number of nitriles is 1. The number of halogens is 1. The quantitative estimate of drug-likeness (QED) is 0.717. The van der Waals surface area contributed by atoms with E-state index in [-0.39, 0.29) is 13.1 Å². The van der Waals surface area contributed by atoms with Gasteiger partial charge in [0.25, 0.3) is 0 Å². The fourth-order valence-corrected chi connectivity index (χ4v) is 3.20. The van der Waals surface area contributed by atoms with E-state index in [0.717, 1.165) is 0 Å². The highest BCUT2D eigenvalue weighted by Crippen LogP contribution is 2.33. The van der Waals surface area contributed by atoms with E-state index < -0.39 is 31.9 Å². The Balaban J connectivity index is 2.62. The van der Waals surface area contributed by atoms with Gasteiger partial charge in [0.2, 0.25) is 9.05 Å². The summed E-state index contributed by atoms with van der Waals surface area (Å²) in [6.45, 7) is 5.22. The summed E-state index contributed by atoms with van der Waals surface area (Å²) in [6, 6.07) is 1.91.